The van der Waals surface area contributed by atoms with Crippen LogP contribution < -0.4 is 0 Å². The van der Waals surface area contributed by atoms with E-state index in [4.69, 9.17) is 13.9 Å². The molecule has 0 aliphatic carbocycles. The molecule has 0 saturated carbocycles. The van der Waals surface area contributed by atoms with E-state index in [0.717, 1.165) is 5.69 Å². The van der Waals surface area contributed by atoms with Gasteiger partial charge in [0.1, 0.15) is 11.9 Å². The molecule has 1 aromatic heterocycles. The molecule has 1 heterocycles. The molecule has 0 spiro atoms. The molecule has 2 unspecified atom stereocenters. The van der Waals surface area contributed by atoms with Gasteiger partial charge in [-0.25, -0.2) is 0 Å². The van der Waals surface area contributed by atoms with Crippen molar-refractivity contribution < 1.29 is 18.5 Å². The highest BCUT2D eigenvalue weighted by Crippen LogP contribution is 2.61. The maximum atomic E-state index is 13.8. The fourth-order valence-corrected chi connectivity index (χ4v) is 5.60. The number of nitrogens with zero attached hydrogens (tertiary/aromatic N) is 2. The van der Waals surface area contributed by atoms with Crippen molar-refractivity contribution in [2.24, 2.45) is 5.41 Å². The SMILES string of the molecule is CCOP(=O)(OCC)C(N(OC(C)c1ccccn1)C(C)(C)C)C(C)(C)C. The lowest BCUT2D eigenvalue weighted by Crippen LogP contribution is -2.53. The first-order valence-electron chi connectivity index (χ1n) is 9.62. The van der Waals surface area contributed by atoms with Gasteiger partial charge in [0.25, 0.3) is 0 Å². The summed E-state index contributed by atoms with van der Waals surface area (Å²) in [4.78, 5) is 10.8. The van der Waals surface area contributed by atoms with Crippen LogP contribution in [0.4, 0.5) is 0 Å². The Hall–Kier alpha value is -0.780. The van der Waals surface area contributed by atoms with Crippen LogP contribution in [0.5, 0.6) is 0 Å². The lowest BCUT2D eigenvalue weighted by molar-refractivity contribution is -0.265. The Labute approximate surface area is 165 Å². The first-order valence-corrected chi connectivity index (χ1v) is 11.2. The van der Waals surface area contributed by atoms with Crippen molar-refractivity contribution in [2.75, 3.05) is 13.2 Å². The van der Waals surface area contributed by atoms with Gasteiger partial charge in [-0.15, -0.1) is 0 Å². The molecule has 156 valence electrons. The molecule has 0 radical (unpaired) electrons. The topological polar surface area (TPSA) is 60.9 Å². The zero-order chi connectivity index (χ0) is 20.9. The van der Waals surface area contributed by atoms with E-state index in [9.17, 15) is 4.57 Å². The fourth-order valence-electron chi connectivity index (χ4n) is 2.92. The number of hydrogen-bond donors (Lipinski definition) is 0. The van der Waals surface area contributed by atoms with Crippen LogP contribution in [0.3, 0.4) is 0 Å². The maximum absolute atomic E-state index is 13.8. The van der Waals surface area contributed by atoms with Crippen LogP contribution in [0.2, 0.25) is 0 Å². The summed E-state index contributed by atoms with van der Waals surface area (Å²) < 4.78 is 25.2. The number of pyridine rings is 1. The molecule has 27 heavy (non-hydrogen) atoms. The molecule has 0 saturated heterocycles. The minimum Gasteiger partial charge on any atom is -0.308 e. The van der Waals surface area contributed by atoms with Crippen molar-refractivity contribution in [3.63, 3.8) is 0 Å². The number of rotatable bonds is 9. The van der Waals surface area contributed by atoms with Crippen molar-refractivity contribution in [1.82, 2.24) is 10.0 Å². The van der Waals surface area contributed by atoms with E-state index in [1.54, 1.807) is 11.3 Å². The Balaban J connectivity index is 3.39. The van der Waals surface area contributed by atoms with Gasteiger partial charge < -0.3 is 9.05 Å². The molecule has 0 fully saturated rings. The highest BCUT2D eigenvalue weighted by molar-refractivity contribution is 7.54. The number of aromatic nitrogens is 1. The molecular weight excluding hydrogens is 363 g/mol. The summed E-state index contributed by atoms with van der Waals surface area (Å²) in [5, 5.41) is 1.79. The molecule has 1 rings (SSSR count). The van der Waals surface area contributed by atoms with Crippen molar-refractivity contribution in [2.45, 2.75) is 79.7 Å². The van der Waals surface area contributed by atoms with Crippen LogP contribution in [-0.2, 0) is 18.5 Å². The average Bonchev–Trinajstić information content (AvgIpc) is 2.53. The second-order valence-corrected chi connectivity index (χ2v) is 10.7. The first-order chi connectivity index (χ1) is 12.4. The van der Waals surface area contributed by atoms with Gasteiger partial charge in [0, 0.05) is 11.7 Å². The monoisotopic (exact) mass is 400 g/mol. The number of hydrogen-bond acceptors (Lipinski definition) is 6. The summed E-state index contributed by atoms with van der Waals surface area (Å²) in [6.45, 7) is 18.3. The Bertz CT molecular complexity index is 601. The van der Waals surface area contributed by atoms with E-state index in [1.165, 1.54) is 0 Å². The van der Waals surface area contributed by atoms with Crippen LogP contribution in [0.15, 0.2) is 24.4 Å². The molecule has 0 aliphatic rings. The van der Waals surface area contributed by atoms with Crippen LogP contribution in [-0.4, -0.2) is 34.6 Å². The van der Waals surface area contributed by atoms with E-state index < -0.39 is 24.3 Å². The van der Waals surface area contributed by atoms with Crippen LogP contribution in [0.25, 0.3) is 0 Å². The molecule has 0 aliphatic heterocycles. The summed E-state index contributed by atoms with van der Waals surface area (Å²) in [6.07, 6.45) is 1.43. The van der Waals surface area contributed by atoms with Crippen LogP contribution >= 0.6 is 7.60 Å². The Morgan fingerprint density at radius 1 is 1.07 bits per heavy atom. The van der Waals surface area contributed by atoms with Gasteiger partial charge in [-0.3, -0.25) is 14.4 Å². The molecule has 0 aromatic carbocycles. The third-order valence-corrected chi connectivity index (χ3v) is 6.77. The Morgan fingerprint density at radius 2 is 1.63 bits per heavy atom. The van der Waals surface area contributed by atoms with Crippen molar-refractivity contribution in [1.29, 1.82) is 0 Å². The van der Waals surface area contributed by atoms with Crippen LogP contribution in [0, 0.1) is 5.41 Å². The van der Waals surface area contributed by atoms with E-state index >= 15 is 0 Å². The summed E-state index contributed by atoms with van der Waals surface area (Å²) >= 11 is 0. The lowest BCUT2D eigenvalue weighted by atomic mass is 9.94. The van der Waals surface area contributed by atoms with E-state index in [-0.39, 0.29) is 6.10 Å². The third kappa shape index (κ3) is 6.65. The predicted octanol–water partition coefficient (Wildman–Crippen LogP) is 5.81. The molecule has 6 nitrogen and oxygen atoms in total. The van der Waals surface area contributed by atoms with E-state index in [0.29, 0.717) is 13.2 Å². The molecular formula is C20H37N2O4P. The maximum Gasteiger partial charge on any atom is 0.350 e. The predicted molar refractivity (Wildman–Crippen MR) is 109 cm³/mol. The molecule has 0 amide bonds. The van der Waals surface area contributed by atoms with Gasteiger partial charge in [-0.1, -0.05) is 26.8 Å². The number of hydroxylamine groups is 2. The largest absolute Gasteiger partial charge is 0.350 e. The molecule has 2 atom stereocenters. The van der Waals surface area contributed by atoms with Gasteiger partial charge in [-0.05, 0) is 59.1 Å². The van der Waals surface area contributed by atoms with Gasteiger partial charge in [-0.2, -0.15) is 5.06 Å². The molecule has 0 bridgehead atoms. The average molecular weight is 401 g/mol. The lowest BCUT2D eigenvalue weighted by Gasteiger charge is -2.48. The van der Waals surface area contributed by atoms with Crippen LogP contribution in [0.1, 0.15) is 74.1 Å². The molecule has 1 aromatic rings. The highest BCUT2D eigenvalue weighted by Gasteiger charge is 2.51. The zero-order valence-corrected chi connectivity index (χ0v) is 19.2. The quantitative estimate of drug-likeness (QED) is 0.385. The van der Waals surface area contributed by atoms with E-state index in [2.05, 4.69) is 4.98 Å². The van der Waals surface area contributed by atoms with E-state index in [1.807, 2.05) is 80.5 Å². The summed E-state index contributed by atoms with van der Waals surface area (Å²) in [5.74, 6) is -0.587. The fraction of sp³-hybridized carbons (Fsp3) is 0.750. The normalized spacial score (nSPS) is 15.8. The van der Waals surface area contributed by atoms with Crippen molar-refractivity contribution in [3.8, 4) is 0 Å². The Morgan fingerprint density at radius 3 is 2.00 bits per heavy atom. The summed E-state index contributed by atoms with van der Waals surface area (Å²) in [7, 11) is -3.47. The minimum absolute atomic E-state index is 0.303. The Kier molecular flexibility index (Phi) is 8.64. The third-order valence-electron chi connectivity index (χ3n) is 3.95. The molecule has 7 heteroatoms. The highest BCUT2D eigenvalue weighted by atomic mass is 31.2. The summed E-state index contributed by atoms with van der Waals surface area (Å²) in [6, 6.07) is 5.71. The minimum atomic E-state index is -3.47. The smallest absolute Gasteiger partial charge is 0.308 e. The van der Waals surface area contributed by atoms with Gasteiger partial charge in [0.2, 0.25) is 0 Å². The standard InChI is InChI=1S/C20H37N2O4P/c1-10-24-27(23,25-11-2)18(19(4,5)6)22(20(7,8)9)26-16(3)17-14-12-13-15-21-17/h12-16,18H,10-11H2,1-9H3. The zero-order valence-electron chi connectivity index (χ0n) is 18.4. The van der Waals surface area contributed by atoms with Gasteiger partial charge >= 0.3 is 7.60 Å². The first kappa shape index (κ1) is 24.3. The van der Waals surface area contributed by atoms with Gasteiger partial charge in [0.15, 0.2) is 0 Å². The second kappa shape index (κ2) is 9.62. The summed E-state index contributed by atoms with van der Waals surface area (Å²) in [5.41, 5.74) is -0.0518. The van der Waals surface area contributed by atoms with Gasteiger partial charge in [0.05, 0.1) is 18.9 Å². The van der Waals surface area contributed by atoms with Crippen molar-refractivity contribution >= 4 is 7.60 Å². The second-order valence-electron chi connectivity index (χ2n) is 8.61. The van der Waals surface area contributed by atoms with Crippen molar-refractivity contribution in [3.05, 3.63) is 30.1 Å². The molecule has 0 N–H and O–H groups in total.